The fraction of sp³-hybridized carbons (Fsp3) is 0.286. The zero-order valence-corrected chi connectivity index (χ0v) is 11.0. The maximum atomic E-state index is 12.2. The fourth-order valence-electron chi connectivity index (χ4n) is 1.89. The van der Waals surface area contributed by atoms with Gasteiger partial charge in [-0.05, 0) is 24.1 Å². The average Bonchev–Trinajstić information content (AvgIpc) is 2.78. The minimum absolute atomic E-state index is 0.0238. The lowest BCUT2D eigenvalue weighted by Crippen LogP contribution is -2.12. The molecule has 0 fully saturated rings. The van der Waals surface area contributed by atoms with E-state index in [4.69, 9.17) is 11.6 Å². The van der Waals surface area contributed by atoms with E-state index in [1.165, 1.54) is 0 Å². The van der Waals surface area contributed by atoms with Crippen molar-refractivity contribution in [3.05, 3.63) is 53.1 Å². The van der Waals surface area contributed by atoms with E-state index < -0.39 is 0 Å². The van der Waals surface area contributed by atoms with Crippen molar-refractivity contribution in [1.29, 1.82) is 0 Å². The number of hydrogen-bond donors (Lipinski definition) is 0. The summed E-state index contributed by atoms with van der Waals surface area (Å²) in [5, 5.41) is 0.650. The standard InChI is InChI=1S/C14H15ClN2O/c1-2-7-17-8-6-16-14(17)13(18)10-11-4-3-5-12(15)9-11/h3-6,8-9H,2,7,10H2,1H3. The van der Waals surface area contributed by atoms with E-state index in [1.807, 2.05) is 29.0 Å². The molecule has 0 unspecified atom stereocenters. The molecule has 0 amide bonds. The summed E-state index contributed by atoms with van der Waals surface area (Å²) < 4.78 is 1.90. The molecule has 2 rings (SSSR count). The summed E-state index contributed by atoms with van der Waals surface area (Å²) in [7, 11) is 0. The van der Waals surface area contributed by atoms with E-state index in [0.29, 0.717) is 17.3 Å². The van der Waals surface area contributed by atoms with Gasteiger partial charge in [0.15, 0.2) is 5.82 Å². The number of carbonyl (C=O) groups excluding carboxylic acids is 1. The number of aromatic nitrogens is 2. The molecule has 94 valence electrons. The van der Waals surface area contributed by atoms with Gasteiger partial charge in [0.2, 0.25) is 5.78 Å². The topological polar surface area (TPSA) is 34.9 Å². The molecule has 1 aromatic heterocycles. The molecule has 1 aromatic carbocycles. The molecule has 0 radical (unpaired) electrons. The first-order chi connectivity index (χ1) is 8.70. The Morgan fingerprint density at radius 1 is 1.44 bits per heavy atom. The van der Waals surface area contributed by atoms with E-state index >= 15 is 0 Å². The van der Waals surface area contributed by atoms with Crippen LogP contribution >= 0.6 is 11.6 Å². The van der Waals surface area contributed by atoms with Crippen LogP contribution in [0.25, 0.3) is 0 Å². The third kappa shape index (κ3) is 2.99. The van der Waals surface area contributed by atoms with E-state index in [2.05, 4.69) is 11.9 Å². The van der Waals surface area contributed by atoms with Crippen LogP contribution in [0, 0.1) is 0 Å². The van der Waals surface area contributed by atoms with Gasteiger partial charge < -0.3 is 4.57 Å². The fourth-order valence-corrected chi connectivity index (χ4v) is 2.11. The van der Waals surface area contributed by atoms with Crippen LogP contribution in [0.15, 0.2) is 36.7 Å². The molecule has 1 heterocycles. The summed E-state index contributed by atoms with van der Waals surface area (Å²) in [6.07, 6.45) is 4.82. The second-order valence-corrected chi connectivity index (χ2v) is 4.61. The van der Waals surface area contributed by atoms with Gasteiger partial charge in [0, 0.05) is 30.4 Å². The van der Waals surface area contributed by atoms with Gasteiger partial charge in [0.05, 0.1) is 0 Å². The normalized spacial score (nSPS) is 10.6. The monoisotopic (exact) mass is 262 g/mol. The Morgan fingerprint density at radius 2 is 2.28 bits per heavy atom. The lowest BCUT2D eigenvalue weighted by atomic mass is 10.1. The number of halogens is 1. The zero-order valence-electron chi connectivity index (χ0n) is 10.3. The maximum Gasteiger partial charge on any atom is 0.202 e. The Morgan fingerprint density at radius 3 is 3.00 bits per heavy atom. The van der Waals surface area contributed by atoms with Crippen LogP contribution in [-0.2, 0) is 13.0 Å². The third-order valence-corrected chi connectivity index (χ3v) is 2.92. The number of Topliss-reactive ketones (excluding diaryl/α,β-unsaturated/α-hetero) is 1. The lowest BCUT2D eigenvalue weighted by Gasteiger charge is -2.05. The first-order valence-corrected chi connectivity index (χ1v) is 6.37. The Kier molecular flexibility index (Phi) is 4.15. The highest BCUT2D eigenvalue weighted by atomic mass is 35.5. The third-order valence-electron chi connectivity index (χ3n) is 2.68. The minimum Gasteiger partial charge on any atom is -0.329 e. The second kappa shape index (κ2) is 5.83. The molecule has 0 N–H and O–H groups in total. The van der Waals surface area contributed by atoms with E-state index in [-0.39, 0.29) is 5.78 Å². The summed E-state index contributed by atoms with van der Waals surface area (Å²) in [5.74, 6) is 0.549. The lowest BCUT2D eigenvalue weighted by molar-refractivity contribution is 0.0979. The smallest absolute Gasteiger partial charge is 0.202 e. The molecule has 0 spiro atoms. The Balaban J connectivity index is 2.14. The quantitative estimate of drug-likeness (QED) is 0.775. The molecule has 4 heteroatoms. The number of hydrogen-bond acceptors (Lipinski definition) is 2. The van der Waals surface area contributed by atoms with Crippen molar-refractivity contribution < 1.29 is 4.79 Å². The summed E-state index contributed by atoms with van der Waals surface area (Å²) >= 11 is 5.90. The molecule has 0 bridgehead atoms. The highest BCUT2D eigenvalue weighted by Crippen LogP contribution is 2.13. The Labute approximate surface area is 111 Å². The van der Waals surface area contributed by atoms with Crippen LogP contribution in [0.3, 0.4) is 0 Å². The number of carbonyl (C=O) groups is 1. The van der Waals surface area contributed by atoms with Crippen molar-refractivity contribution in [3.63, 3.8) is 0 Å². The predicted octanol–water partition coefficient (Wildman–Crippen LogP) is 3.37. The molecule has 18 heavy (non-hydrogen) atoms. The van der Waals surface area contributed by atoms with Crippen molar-refractivity contribution in [1.82, 2.24) is 9.55 Å². The summed E-state index contributed by atoms with van der Waals surface area (Å²) in [6, 6.07) is 7.36. The van der Waals surface area contributed by atoms with Crippen molar-refractivity contribution in [2.24, 2.45) is 0 Å². The van der Waals surface area contributed by atoms with Crippen LogP contribution in [0.1, 0.15) is 29.5 Å². The molecular weight excluding hydrogens is 248 g/mol. The van der Waals surface area contributed by atoms with Crippen LogP contribution in [0.4, 0.5) is 0 Å². The number of rotatable bonds is 5. The Bertz CT molecular complexity index is 548. The van der Waals surface area contributed by atoms with Crippen LogP contribution in [0.2, 0.25) is 5.02 Å². The van der Waals surface area contributed by atoms with E-state index in [0.717, 1.165) is 18.5 Å². The molecule has 3 nitrogen and oxygen atoms in total. The van der Waals surface area contributed by atoms with E-state index in [9.17, 15) is 4.79 Å². The molecule has 2 aromatic rings. The van der Waals surface area contributed by atoms with Gasteiger partial charge in [-0.15, -0.1) is 0 Å². The van der Waals surface area contributed by atoms with E-state index in [1.54, 1.807) is 12.3 Å². The van der Waals surface area contributed by atoms with Gasteiger partial charge in [-0.1, -0.05) is 30.7 Å². The number of benzene rings is 1. The molecular formula is C14H15ClN2O. The molecule has 0 aliphatic rings. The summed E-state index contributed by atoms with van der Waals surface area (Å²) in [6.45, 7) is 2.89. The highest BCUT2D eigenvalue weighted by Gasteiger charge is 2.13. The molecule has 0 saturated heterocycles. The molecule has 0 saturated carbocycles. The van der Waals surface area contributed by atoms with Crippen LogP contribution in [0.5, 0.6) is 0 Å². The second-order valence-electron chi connectivity index (χ2n) is 4.17. The SMILES string of the molecule is CCCn1ccnc1C(=O)Cc1cccc(Cl)c1. The van der Waals surface area contributed by atoms with Gasteiger partial charge in [-0.25, -0.2) is 4.98 Å². The summed E-state index contributed by atoms with van der Waals surface area (Å²) in [4.78, 5) is 16.3. The number of ketones is 1. The Hall–Kier alpha value is -1.61. The van der Waals surface area contributed by atoms with Gasteiger partial charge in [0.1, 0.15) is 0 Å². The zero-order chi connectivity index (χ0) is 13.0. The first kappa shape index (κ1) is 12.8. The van der Waals surface area contributed by atoms with Gasteiger partial charge in [-0.2, -0.15) is 0 Å². The predicted molar refractivity (Wildman–Crippen MR) is 72.0 cm³/mol. The summed E-state index contributed by atoms with van der Waals surface area (Å²) in [5.41, 5.74) is 0.915. The molecule has 0 aliphatic carbocycles. The van der Waals surface area contributed by atoms with Crippen LogP contribution < -0.4 is 0 Å². The minimum atomic E-state index is 0.0238. The largest absolute Gasteiger partial charge is 0.329 e. The van der Waals surface area contributed by atoms with Crippen molar-refractivity contribution in [2.75, 3.05) is 0 Å². The number of imidazole rings is 1. The number of aryl methyl sites for hydroxylation is 1. The molecule has 0 aliphatic heterocycles. The van der Waals surface area contributed by atoms with Crippen molar-refractivity contribution in [3.8, 4) is 0 Å². The maximum absolute atomic E-state index is 12.2. The molecule has 0 atom stereocenters. The van der Waals surface area contributed by atoms with Crippen molar-refractivity contribution in [2.45, 2.75) is 26.3 Å². The van der Waals surface area contributed by atoms with Gasteiger partial charge in [-0.3, -0.25) is 4.79 Å². The number of nitrogens with zero attached hydrogens (tertiary/aromatic N) is 2. The van der Waals surface area contributed by atoms with Gasteiger partial charge in [0.25, 0.3) is 0 Å². The first-order valence-electron chi connectivity index (χ1n) is 5.99. The van der Waals surface area contributed by atoms with Crippen molar-refractivity contribution >= 4 is 17.4 Å². The average molecular weight is 263 g/mol. The van der Waals surface area contributed by atoms with Gasteiger partial charge >= 0.3 is 0 Å². The van der Waals surface area contributed by atoms with Crippen LogP contribution in [-0.4, -0.2) is 15.3 Å². The highest BCUT2D eigenvalue weighted by molar-refractivity contribution is 6.30.